The molecule has 3 rings (SSSR count). The second kappa shape index (κ2) is 12.8. The molecular weight excluding hydrogens is 484 g/mol. The number of phenolic OH excluding ortho intramolecular Hbond substituents is 1. The molecule has 206 valence electrons. The van der Waals surface area contributed by atoms with E-state index in [1.165, 1.54) is 11.0 Å². The number of likely N-dealkylation sites (tertiary alicyclic amines) is 1. The molecule has 1 amide bonds. The van der Waals surface area contributed by atoms with Gasteiger partial charge >= 0.3 is 0 Å². The molecule has 2 aromatic rings. The first kappa shape index (κ1) is 29.0. The van der Waals surface area contributed by atoms with E-state index in [1.54, 1.807) is 37.3 Å². The number of ketones is 1. The zero-order valence-corrected chi connectivity index (χ0v) is 23.3. The lowest BCUT2D eigenvalue weighted by Gasteiger charge is -2.28. The summed E-state index contributed by atoms with van der Waals surface area (Å²) in [5, 5.41) is 21.7. The number of aryl methyl sites for hydroxylation is 1. The van der Waals surface area contributed by atoms with Gasteiger partial charge in [0.2, 0.25) is 0 Å². The predicted molar refractivity (Wildman–Crippen MR) is 148 cm³/mol. The lowest BCUT2D eigenvalue weighted by molar-refractivity contribution is -0.140. The van der Waals surface area contributed by atoms with Crippen LogP contribution in [-0.4, -0.2) is 71.1 Å². The van der Waals surface area contributed by atoms with Gasteiger partial charge in [-0.1, -0.05) is 33.8 Å². The Labute approximate surface area is 225 Å². The van der Waals surface area contributed by atoms with Crippen LogP contribution in [0.3, 0.4) is 0 Å². The molecule has 8 heteroatoms. The average Bonchev–Trinajstić information content (AvgIpc) is 3.14. The molecule has 1 saturated heterocycles. The number of amides is 1. The molecule has 1 aliphatic rings. The second-order valence-electron chi connectivity index (χ2n) is 9.86. The standard InChI is InChI=1S/C30H40N2O6/c1-7-31(8-2)14-15-32-27(21-10-12-23(33)25(17-21)37-9-3)26(29(35)30(32)36)28(34)22-11-13-24(20(6)16-22)38-18-19(4)5/h10-13,16-17,19,27,33-34H,7-9,14-15,18H2,1-6H3/b28-26-. The molecule has 2 N–H and O–H groups in total. The maximum absolute atomic E-state index is 13.4. The van der Waals surface area contributed by atoms with Crippen LogP contribution in [-0.2, 0) is 9.59 Å². The fourth-order valence-corrected chi connectivity index (χ4v) is 4.59. The monoisotopic (exact) mass is 524 g/mol. The quantitative estimate of drug-likeness (QED) is 0.231. The van der Waals surface area contributed by atoms with E-state index in [2.05, 4.69) is 18.7 Å². The summed E-state index contributed by atoms with van der Waals surface area (Å²) >= 11 is 0. The number of carbonyl (C=O) groups is 2. The highest BCUT2D eigenvalue weighted by Crippen LogP contribution is 2.42. The van der Waals surface area contributed by atoms with Crippen molar-refractivity contribution < 1.29 is 29.3 Å². The molecule has 1 fully saturated rings. The molecule has 1 unspecified atom stereocenters. The molecule has 0 bridgehead atoms. The number of aromatic hydroxyl groups is 1. The third-order valence-corrected chi connectivity index (χ3v) is 6.71. The number of aliphatic hydroxyl groups excluding tert-OH is 1. The highest BCUT2D eigenvalue weighted by Gasteiger charge is 2.46. The van der Waals surface area contributed by atoms with Crippen molar-refractivity contribution in [2.24, 2.45) is 5.92 Å². The van der Waals surface area contributed by atoms with Gasteiger partial charge in [0.25, 0.3) is 11.7 Å². The van der Waals surface area contributed by atoms with Crippen LogP contribution >= 0.6 is 0 Å². The SMILES string of the molecule is CCOc1cc(C2/C(=C(/O)c3ccc(OCC(C)C)c(C)c3)C(=O)C(=O)N2CCN(CC)CC)ccc1O. The van der Waals surface area contributed by atoms with E-state index >= 15 is 0 Å². The van der Waals surface area contributed by atoms with Crippen molar-refractivity contribution in [1.29, 1.82) is 0 Å². The molecule has 2 aromatic carbocycles. The van der Waals surface area contributed by atoms with Crippen LogP contribution in [0.5, 0.6) is 17.2 Å². The van der Waals surface area contributed by atoms with Crippen molar-refractivity contribution in [3.63, 3.8) is 0 Å². The second-order valence-corrected chi connectivity index (χ2v) is 9.86. The van der Waals surface area contributed by atoms with Gasteiger partial charge in [-0.3, -0.25) is 9.59 Å². The number of benzene rings is 2. The summed E-state index contributed by atoms with van der Waals surface area (Å²) in [7, 11) is 0. The molecule has 0 radical (unpaired) electrons. The van der Waals surface area contributed by atoms with E-state index in [1.807, 2.05) is 20.8 Å². The van der Waals surface area contributed by atoms with Crippen molar-refractivity contribution in [2.45, 2.75) is 47.6 Å². The van der Waals surface area contributed by atoms with Crippen LogP contribution in [0.25, 0.3) is 5.76 Å². The summed E-state index contributed by atoms with van der Waals surface area (Å²) < 4.78 is 11.4. The van der Waals surface area contributed by atoms with Gasteiger partial charge < -0.3 is 29.5 Å². The average molecular weight is 525 g/mol. The van der Waals surface area contributed by atoms with Crippen LogP contribution in [0.2, 0.25) is 0 Å². The van der Waals surface area contributed by atoms with Crippen molar-refractivity contribution >= 4 is 17.4 Å². The first-order chi connectivity index (χ1) is 18.1. The van der Waals surface area contributed by atoms with Crippen molar-refractivity contribution in [3.8, 4) is 17.2 Å². The Morgan fingerprint density at radius 2 is 1.74 bits per heavy atom. The minimum atomic E-state index is -0.831. The number of nitrogens with zero attached hydrogens (tertiary/aromatic N) is 2. The molecule has 0 aromatic heterocycles. The highest BCUT2D eigenvalue weighted by molar-refractivity contribution is 6.46. The van der Waals surface area contributed by atoms with Crippen LogP contribution in [0.4, 0.5) is 0 Å². The minimum absolute atomic E-state index is 0.0120. The molecule has 1 heterocycles. The summed E-state index contributed by atoms with van der Waals surface area (Å²) in [5.74, 6) is -0.374. The van der Waals surface area contributed by atoms with E-state index < -0.39 is 17.7 Å². The number of hydrogen-bond acceptors (Lipinski definition) is 7. The van der Waals surface area contributed by atoms with Gasteiger partial charge in [-0.2, -0.15) is 0 Å². The number of aliphatic hydroxyl groups is 1. The number of rotatable bonds is 12. The maximum atomic E-state index is 13.4. The topological polar surface area (TPSA) is 99.5 Å². The highest BCUT2D eigenvalue weighted by atomic mass is 16.5. The van der Waals surface area contributed by atoms with E-state index in [4.69, 9.17) is 9.47 Å². The Morgan fingerprint density at radius 3 is 2.34 bits per heavy atom. The molecule has 0 saturated carbocycles. The number of phenols is 1. The molecule has 0 aliphatic carbocycles. The number of ether oxygens (including phenoxy) is 2. The third kappa shape index (κ3) is 6.30. The van der Waals surface area contributed by atoms with E-state index in [0.29, 0.717) is 49.1 Å². The smallest absolute Gasteiger partial charge is 0.295 e. The fourth-order valence-electron chi connectivity index (χ4n) is 4.59. The largest absolute Gasteiger partial charge is 0.507 e. The van der Waals surface area contributed by atoms with Crippen LogP contribution in [0.15, 0.2) is 42.0 Å². The third-order valence-electron chi connectivity index (χ3n) is 6.71. The lowest BCUT2D eigenvalue weighted by atomic mass is 9.94. The molecular formula is C30H40N2O6. The molecule has 8 nitrogen and oxygen atoms in total. The van der Waals surface area contributed by atoms with Crippen molar-refractivity contribution in [3.05, 3.63) is 58.7 Å². The number of carbonyl (C=O) groups excluding carboxylic acids is 2. The normalized spacial score (nSPS) is 17.1. The zero-order valence-electron chi connectivity index (χ0n) is 23.3. The zero-order chi connectivity index (χ0) is 28.0. The number of Topliss-reactive ketones (excluding diaryl/α,β-unsaturated/α-hetero) is 1. The van der Waals surface area contributed by atoms with E-state index in [0.717, 1.165) is 18.7 Å². The number of likely N-dealkylation sites (N-methyl/N-ethyl adjacent to an activating group) is 1. The van der Waals surface area contributed by atoms with Gasteiger partial charge in [0.1, 0.15) is 11.5 Å². The summed E-state index contributed by atoms with van der Waals surface area (Å²) in [6.07, 6.45) is 0. The molecule has 1 atom stereocenters. The Hall–Kier alpha value is -3.52. The number of hydrogen-bond donors (Lipinski definition) is 2. The van der Waals surface area contributed by atoms with Gasteiger partial charge in [0.15, 0.2) is 11.5 Å². The van der Waals surface area contributed by atoms with Gasteiger partial charge in [0, 0.05) is 18.7 Å². The molecule has 38 heavy (non-hydrogen) atoms. The first-order valence-corrected chi connectivity index (χ1v) is 13.3. The summed E-state index contributed by atoms with van der Waals surface area (Å²) in [5.41, 5.74) is 1.82. The minimum Gasteiger partial charge on any atom is -0.507 e. The van der Waals surface area contributed by atoms with Gasteiger partial charge in [-0.25, -0.2) is 0 Å². The Bertz CT molecular complexity index is 1190. The van der Waals surface area contributed by atoms with E-state index in [-0.39, 0.29) is 22.8 Å². The van der Waals surface area contributed by atoms with Crippen LogP contribution < -0.4 is 9.47 Å². The Morgan fingerprint density at radius 1 is 1.03 bits per heavy atom. The van der Waals surface area contributed by atoms with Gasteiger partial charge in [-0.15, -0.1) is 0 Å². The van der Waals surface area contributed by atoms with Crippen LogP contribution in [0.1, 0.15) is 57.4 Å². The summed E-state index contributed by atoms with van der Waals surface area (Å²) in [6.45, 7) is 15.3. The lowest BCUT2D eigenvalue weighted by Crippen LogP contribution is -2.38. The Kier molecular flexibility index (Phi) is 9.80. The maximum Gasteiger partial charge on any atom is 0.295 e. The van der Waals surface area contributed by atoms with Crippen LogP contribution in [0, 0.1) is 12.8 Å². The molecule has 0 spiro atoms. The van der Waals surface area contributed by atoms with Gasteiger partial charge in [0.05, 0.1) is 24.8 Å². The first-order valence-electron chi connectivity index (χ1n) is 13.3. The van der Waals surface area contributed by atoms with E-state index in [9.17, 15) is 19.8 Å². The molecule has 1 aliphatic heterocycles. The Balaban J connectivity index is 2.11. The predicted octanol–water partition coefficient (Wildman–Crippen LogP) is 4.90. The van der Waals surface area contributed by atoms with Gasteiger partial charge in [-0.05, 0) is 74.3 Å². The summed E-state index contributed by atoms with van der Waals surface area (Å²) in [6, 6.07) is 9.15. The summed E-state index contributed by atoms with van der Waals surface area (Å²) in [4.78, 5) is 30.3. The van der Waals surface area contributed by atoms with Crippen molar-refractivity contribution in [2.75, 3.05) is 39.4 Å². The fraction of sp³-hybridized carbons (Fsp3) is 0.467. The van der Waals surface area contributed by atoms with Crippen molar-refractivity contribution in [1.82, 2.24) is 9.80 Å².